The van der Waals surface area contributed by atoms with Gasteiger partial charge in [0.25, 0.3) is 0 Å². The highest BCUT2D eigenvalue weighted by atomic mass is 35.5. The van der Waals surface area contributed by atoms with Gasteiger partial charge < -0.3 is 10.2 Å². The Morgan fingerprint density at radius 1 is 1.27 bits per heavy atom. The van der Waals surface area contributed by atoms with E-state index in [2.05, 4.69) is 5.32 Å². The van der Waals surface area contributed by atoms with E-state index < -0.39 is 0 Å². The molecule has 4 nitrogen and oxygen atoms in total. The predicted molar refractivity (Wildman–Crippen MR) is 89.2 cm³/mol. The zero-order valence-electron chi connectivity index (χ0n) is 13.2. The van der Waals surface area contributed by atoms with Crippen LogP contribution >= 0.6 is 11.6 Å². The number of hydrogen-bond donors (Lipinski definition) is 1. The Balaban J connectivity index is 2.06. The first kappa shape index (κ1) is 16.8. The molecule has 2 rings (SSSR count). The van der Waals surface area contributed by atoms with Crippen LogP contribution < -0.4 is 10.2 Å². The number of anilines is 1. The van der Waals surface area contributed by atoms with E-state index in [1.54, 1.807) is 12.1 Å². The van der Waals surface area contributed by atoms with Gasteiger partial charge in [-0.3, -0.25) is 9.59 Å². The summed E-state index contributed by atoms with van der Waals surface area (Å²) < 4.78 is 0. The number of nitrogens with one attached hydrogen (secondary N) is 1. The van der Waals surface area contributed by atoms with Gasteiger partial charge in [0, 0.05) is 23.7 Å². The predicted octanol–water partition coefficient (Wildman–Crippen LogP) is 3.45. The summed E-state index contributed by atoms with van der Waals surface area (Å²) in [6.07, 6.45) is 5.63. The number of carbonyl (C=O) groups excluding carboxylic acids is 2. The van der Waals surface area contributed by atoms with Gasteiger partial charge in [-0.25, -0.2) is 0 Å². The van der Waals surface area contributed by atoms with E-state index in [9.17, 15) is 9.59 Å². The van der Waals surface area contributed by atoms with Gasteiger partial charge in [-0.1, -0.05) is 36.9 Å². The van der Waals surface area contributed by atoms with Crippen LogP contribution in [0.5, 0.6) is 0 Å². The average Bonchev–Trinajstić information content (AvgIpc) is 2.48. The molecule has 5 heteroatoms. The molecule has 2 amide bonds. The lowest BCUT2D eigenvalue weighted by Gasteiger charge is -2.26. The maximum atomic E-state index is 12.3. The lowest BCUT2D eigenvalue weighted by Crippen LogP contribution is -2.44. The molecule has 0 heterocycles. The molecule has 0 bridgehead atoms. The van der Waals surface area contributed by atoms with Gasteiger partial charge in [-0.05, 0) is 37.5 Å². The molecule has 0 aliphatic heterocycles. The third kappa shape index (κ3) is 4.47. The average molecular weight is 323 g/mol. The molecule has 1 aliphatic carbocycles. The highest BCUT2D eigenvalue weighted by molar-refractivity contribution is 6.31. The van der Waals surface area contributed by atoms with Crippen molar-refractivity contribution < 1.29 is 9.59 Å². The first-order chi connectivity index (χ1) is 10.5. The lowest BCUT2D eigenvalue weighted by molar-refractivity contribution is -0.123. The SMILES string of the molecule is CC(=O)N(CC(=O)NC1CCCCC1)c1cc(Cl)ccc1C. The van der Waals surface area contributed by atoms with Crippen molar-refractivity contribution in [3.63, 3.8) is 0 Å². The van der Waals surface area contributed by atoms with E-state index in [1.165, 1.54) is 18.2 Å². The maximum Gasteiger partial charge on any atom is 0.240 e. The second-order valence-electron chi connectivity index (χ2n) is 5.94. The fraction of sp³-hybridized carbons (Fsp3) is 0.529. The number of benzene rings is 1. The molecule has 0 saturated heterocycles. The first-order valence-corrected chi connectivity index (χ1v) is 8.19. The van der Waals surface area contributed by atoms with Crippen molar-refractivity contribution in [3.05, 3.63) is 28.8 Å². The Bertz CT molecular complexity index is 554. The van der Waals surface area contributed by atoms with Gasteiger partial charge in [-0.2, -0.15) is 0 Å². The summed E-state index contributed by atoms with van der Waals surface area (Å²) in [5, 5.41) is 3.60. The van der Waals surface area contributed by atoms with Crippen LogP contribution in [0.1, 0.15) is 44.6 Å². The zero-order valence-corrected chi connectivity index (χ0v) is 13.9. The summed E-state index contributed by atoms with van der Waals surface area (Å²) in [7, 11) is 0. The summed E-state index contributed by atoms with van der Waals surface area (Å²) in [4.78, 5) is 25.7. The normalized spacial score (nSPS) is 15.4. The van der Waals surface area contributed by atoms with Gasteiger partial charge in [-0.15, -0.1) is 0 Å². The summed E-state index contributed by atoms with van der Waals surface area (Å²) >= 11 is 6.02. The van der Waals surface area contributed by atoms with E-state index >= 15 is 0 Å². The standard InChI is InChI=1S/C17H23ClN2O2/c1-12-8-9-14(18)10-16(12)20(13(2)21)11-17(22)19-15-6-4-3-5-7-15/h8-10,15H,3-7,11H2,1-2H3,(H,19,22). The van der Waals surface area contributed by atoms with Crippen molar-refractivity contribution in [1.82, 2.24) is 5.32 Å². The van der Waals surface area contributed by atoms with Gasteiger partial charge in [0.15, 0.2) is 0 Å². The quantitative estimate of drug-likeness (QED) is 0.923. The number of halogens is 1. The Hall–Kier alpha value is -1.55. The Labute approximate surface area is 136 Å². The van der Waals surface area contributed by atoms with Crippen molar-refractivity contribution in [2.45, 2.75) is 52.0 Å². The van der Waals surface area contributed by atoms with Crippen LogP contribution in [0.25, 0.3) is 0 Å². The second-order valence-corrected chi connectivity index (χ2v) is 6.37. The molecule has 1 aliphatic rings. The van der Waals surface area contributed by atoms with Crippen LogP contribution in [-0.2, 0) is 9.59 Å². The second kappa shape index (κ2) is 7.63. The van der Waals surface area contributed by atoms with Crippen molar-refractivity contribution >= 4 is 29.1 Å². The van der Waals surface area contributed by atoms with E-state index in [0.29, 0.717) is 10.7 Å². The molecule has 1 saturated carbocycles. The molecule has 0 radical (unpaired) electrons. The minimum Gasteiger partial charge on any atom is -0.352 e. The molecule has 1 aromatic rings. The van der Waals surface area contributed by atoms with Crippen LogP contribution in [0.3, 0.4) is 0 Å². The van der Waals surface area contributed by atoms with Crippen LogP contribution in [0.15, 0.2) is 18.2 Å². The monoisotopic (exact) mass is 322 g/mol. The molecule has 120 valence electrons. The third-order valence-electron chi connectivity index (χ3n) is 4.11. The topological polar surface area (TPSA) is 49.4 Å². The molecule has 0 unspecified atom stereocenters. The molecule has 1 aromatic carbocycles. The summed E-state index contributed by atoms with van der Waals surface area (Å²) in [6, 6.07) is 5.61. The molecule has 1 N–H and O–H groups in total. The number of carbonyl (C=O) groups is 2. The first-order valence-electron chi connectivity index (χ1n) is 7.81. The van der Waals surface area contributed by atoms with Gasteiger partial charge in [0.2, 0.25) is 11.8 Å². The fourth-order valence-corrected chi connectivity index (χ4v) is 3.07. The number of aryl methyl sites for hydroxylation is 1. The van der Waals surface area contributed by atoms with Crippen LogP contribution in [0.2, 0.25) is 5.02 Å². The van der Waals surface area contributed by atoms with Crippen molar-refractivity contribution in [3.8, 4) is 0 Å². The molecule has 0 atom stereocenters. The molecule has 0 aromatic heterocycles. The van der Waals surface area contributed by atoms with E-state index in [1.807, 2.05) is 13.0 Å². The highest BCUT2D eigenvalue weighted by Gasteiger charge is 2.21. The highest BCUT2D eigenvalue weighted by Crippen LogP contribution is 2.24. The third-order valence-corrected chi connectivity index (χ3v) is 4.35. The van der Waals surface area contributed by atoms with Gasteiger partial charge in [0.05, 0.1) is 0 Å². The largest absolute Gasteiger partial charge is 0.352 e. The minimum atomic E-state index is -0.163. The van der Waals surface area contributed by atoms with Gasteiger partial charge in [0.1, 0.15) is 6.54 Å². The number of amides is 2. The van der Waals surface area contributed by atoms with E-state index in [4.69, 9.17) is 11.6 Å². The summed E-state index contributed by atoms with van der Waals surface area (Å²) in [6.45, 7) is 3.40. The smallest absolute Gasteiger partial charge is 0.240 e. The minimum absolute atomic E-state index is 0.0347. The van der Waals surface area contributed by atoms with E-state index in [0.717, 1.165) is 31.2 Å². The molecule has 22 heavy (non-hydrogen) atoms. The molecule has 0 spiro atoms. The van der Waals surface area contributed by atoms with Crippen molar-refractivity contribution in [2.24, 2.45) is 0 Å². The van der Waals surface area contributed by atoms with Crippen LogP contribution in [-0.4, -0.2) is 24.4 Å². The van der Waals surface area contributed by atoms with Crippen LogP contribution in [0, 0.1) is 6.92 Å². The number of rotatable bonds is 4. The Morgan fingerprint density at radius 3 is 2.59 bits per heavy atom. The van der Waals surface area contributed by atoms with E-state index in [-0.39, 0.29) is 24.4 Å². The van der Waals surface area contributed by atoms with Crippen molar-refractivity contribution in [1.29, 1.82) is 0 Å². The number of hydrogen-bond acceptors (Lipinski definition) is 2. The summed E-state index contributed by atoms with van der Waals surface area (Å²) in [5.41, 5.74) is 1.61. The van der Waals surface area contributed by atoms with Gasteiger partial charge >= 0.3 is 0 Å². The Morgan fingerprint density at radius 2 is 1.95 bits per heavy atom. The lowest BCUT2D eigenvalue weighted by atomic mass is 9.95. The number of nitrogens with zero attached hydrogens (tertiary/aromatic N) is 1. The zero-order chi connectivity index (χ0) is 16.1. The summed E-state index contributed by atoms with van der Waals surface area (Å²) in [5.74, 6) is -0.273. The fourth-order valence-electron chi connectivity index (χ4n) is 2.90. The van der Waals surface area contributed by atoms with Crippen molar-refractivity contribution in [2.75, 3.05) is 11.4 Å². The molecular weight excluding hydrogens is 300 g/mol. The maximum absolute atomic E-state index is 12.3. The van der Waals surface area contributed by atoms with Crippen LogP contribution in [0.4, 0.5) is 5.69 Å². The molecule has 1 fully saturated rings. The molecular formula is C17H23ClN2O2. The Kier molecular flexibility index (Phi) is 5.83.